The first kappa shape index (κ1) is 41.4. The van der Waals surface area contributed by atoms with Gasteiger partial charge in [0.25, 0.3) is 0 Å². The van der Waals surface area contributed by atoms with Crippen molar-refractivity contribution in [1.29, 1.82) is 0 Å². The van der Waals surface area contributed by atoms with Crippen LogP contribution in [0.5, 0.6) is 0 Å². The van der Waals surface area contributed by atoms with Gasteiger partial charge in [0.1, 0.15) is 0 Å². The molecule has 1 aliphatic rings. The van der Waals surface area contributed by atoms with Crippen LogP contribution in [0.15, 0.2) is 249 Å². The highest BCUT2D eigenvalue weighted by Crippen LogP contribution is 2.52. The van der Waals surface area contributed by atoms with Crippen LogP contribution in [-0.2, 0) is 5.41 Å². The number of fused-ring (bicyclic) bond motifs is 16. The highest BCUT2D eigenvalue weighted by Gasteiger charge is 2.36. The number of para-hydroxylation sites is 1. The van der Waals surface area contributed by atoms with Crippen molar-refractivity contribution in [2.24, 2.45) is 0 Å². The molecule has 14 rings (SSSR count). The van der Waals surface area contributed by atoms with Crippen LogP contribution in [0, 0.1) is 0 Å². The second-order valence-corrected chi connectivity index (χ2v) is 20.6. The Morgan fingerprint density at radius 2 is 0.746 bits per heavy atom. The largest absolute Gasteiger partial charge is 0.310 e. The Kier molecular flexibility index (Phi) is 9.49. The van der Waals surface area contributed by atoms with Crippen LogP contribution < -0.4 is 4.90 Å². The zero-order chi connectivity index (χ0) is 47.2. The molecule has 0 atom stereocenters. The Balaban J connectivity index is 1.11. The Morgan fingerprint density at radius 1 is 0.282 bits per heavy atom. The number of thiophene rings is 1. The van der Waals surface area contributed by atoms with Gasteiger partial charge < -0.3 is 4.90 Å². The van der Waals surface area contributed by atoms with Gasteiger partial charge in [-0.25, -0.2) is 0 Å². The summed E-state index contributed by atoms with van der Waals surface area (Å²) in [5.41, 5.74) is 13.2. The topological polar surface area (TPSA) is 3.24 Å². The summed E-state index contributed by atoms with van der Waals surface area (Å²) in [4.78, 5) is 2.52. The maximum atomic E-state index is 2.52. The van der Waals surface area contributed by atoms with Crippen molar-refractivity contribution in [1.82, 2.24) is 0 Å². The van der Waals surface area contributed by atoms with Crippen LogP contribution in [0.3, 0.4) is 0 Å². The van der Waals surface area contributed by atoms with E-state index in [1.165, 1.54) is 119 Å². The van der Waals surface area contributed by atoms with Gasteiger partial charge in [0.05, 0.1) is 5.69 Å². The molecule has 0 aliphatic heterocycles. The van der Waals surface area contributed by atoms with Gasteiger partial charge in [-0.2, -0.15) is 0 Å². The number of hydrogen-bond acceptors (Lipinski definition) is 2. The summed E-state index contributed by atoms with van der Waals surface area (Å²) in [6.07, 6.45) is 0. The van der Waals surface area contributed by atoms with Gasteiger partial charge >= 0.3 is 0 Å². The monoisotopic (exact) mass is 921 g/mol. The van der Waals surface area contributed by atoms with Crippen molar-refractivity contribution < 1.29 is 0 Å². The summed E-state index contributed by atoms with van der Waals surface area (Å²) in [6, 6.07) is 93.0. The average Bonchev–Trinajstić information content (AvgIpc) is 3.91. The van der Waals surface area contributed by atoms with Crippen LogP contribution in [0.2, 0.25) is 0 Å². The first-order valence-corrected chi connectivity index (χ1v) is 25.5. The Morgan fingerprint density at radius 3 is 1.44 bits per heavy atom. The van der Waals surface area contributed by atoms with E-state index >= 15 is 0 Å². The lowest BCUT2D eigenvalue weighted by molar-refractivity contribution is 0.660. The molecule has 0 radical (unpaired) electrons. The van der Waals surface area contributed by atoms with E-state index < -0.39 is 0 Å². The second-order valence-electron chi connectivity index (χ2n) is 19.6. The Bertz CT molecular complexity index is 4370. The van der Waals surface area contributed by atoms with Crippen LogP contribution in [0.25, 0.3) is 107 Å². The summed E-state index contributed by atoms with van der Waals surface area (Å²) in [5.74, 6) is 0. The zero-order valence-corrected chi connectivity index (χ0v) is 40.3. The van der Waals surface area contributed by atoms with Crippen LogP contribution in [-0.4, -0.2) is 0 Å². The Hall–Kier alpha value is -8.56. The zero-order valence-electron chi connectivity index (χ0n) is 39.5. The second kappa shape index (κ2) is 16.3. The van der Waals surface area contributed by atoms with Crippen molar-refractivity contribution in [2.45, 2.75) is 19.3 Å². The van der Waals surface area contributed by atoms with E-state index in [9.17, 15) is 0 Å². The van der Waals surface area contributed by atoms with E-state index in [0.717, 1.165) is 17.1 Å². The van der Waals surface area contributed by atoms with Gasteiger partial charge in [0, 0.05) is 42.5 Å². The standard InChI is InChI=1S/C69H47NS/c1-69(2)64-29-15-12-27-57(64)58-39-37-48(41-65(58)69)70(66-30-16-13-20-49(66)46-34-32-45(33-35-46)44-18-4-3-5-19-44)47-36-38-56-54-25-9-8-23-52(54)50-21-6-7-22-51(50)53-24-10-11-26-55(53)61-42-63-59-28-14-17-31-67(59)71-68(63)43-62(61)60(56)40-47/h3-43H,1-2H3. The van der Waals surface area contributed by atoms with E-state index in [0.29, 0.717) is 0 Å². The van der Waals surface area contributed by atoms with Crippen molar-refractivity contribution in [3.05, 3.63) is 260 Å². The first-order valence-electron chi connectivity index (χ1n) is 24.7. The van der Waals surface area contributed by atoms with E-state index in [-0.39, 0.29) is 5.41 Å². The number of rotatable bonds is 5. The van der Waals surface area contributed by atoms with E-state index in [1.54, 1.807) is 0 Å². The molecule has 0 amide bonds. The van der Waals surface area contributed by atoms with Gasteiger partial charge in [0.2, 0.25) is 0 Å². The fourth-order valence-electron chi connectivity index (χ4n) is 11.8. The number of nitrogens with zero attached hydrogens (tertiary/aromatic N) is 1. The fourth-order valence-corrected chi connectivity index (χ4v) is 13.0. The number of benzene rings is 11. The van der Waals surface area contributed by atoms with Gasteiger partial charge in [-0.05, 0) is 141 Å². The average molecular weight is 922 g/mol. The van der Waals surface area contributed by atoms with E-state index in [2.05, 4.69) is 267 Å². The molecule has 0 bridgehead atoms. The van der Waals surface area contributed by atoms with Crippen molar-refractivity contribution >= 4 is 102 Å². The van der Waals surface area contributed by atoms with E-state index in [4.69, 9.17) is 0 Å². The summed E-state index contributed by atoms with van der Waals surface area (Å²) in [6.45, 7) is 4.76. The molecule has 0 N–H and O–H groups in total. The molecule has 2 heteroatoms. The normalized spacial score (nSPS) is 12.8. The third kappa shape index (κ3) is 6.59. The predicted octanol–water partition coefficient (Wildman–Crippen LogP) is 20.1. The molecule has 71 heavy (non-hydrogen) atoms. The summed E-state index contributed by atoms with van der Waals surface area (Å²) >= 11 is 1.88. The van der Waals surface area contributed by atoms with Crippen molar-refractivity contribution in [3.8, 4) is 33.4 Å². The summed E-state index contributed by atoms with van der Waals surface area (Å²) < 4.78 is 2.58. The molecule has 334 valence electrons. The van der Waals surface area contributed by atoms with Crippen LogP contribution in [0.1, 0.15) is 25.0 Å². The highest BCUT2D eigenvalue weighted by atomic mass is 32.1. The third-order valence-corrected chi connectivity index (χ3v) is 16.4. The molecule has 0 saturated carbocycles. The molecular formula is C69H47NS. The molecular weight excluding hydrogens is 875 g/mol. The third-order valence-electron chi connectivity index (χ3n) is 15.3. The fraction of sp³-hybridized carbons (Fsp3) is 0.0435. The van der Waals surface area contributed by atoms with Crippen LogP contribution >= 0.6 is 11.3 Å². The maximum Gasteiger partial charge on any atom is 0.0540 e. The number of anilines is 3. The van der Waals surface area contributed by atoms with Crippen molar-refractivity contribution in [3.63, 3.8) is 0 Å². The lowest BCUT2D eigenvalue weighted by atomic mass is 9.82. The minimum atomic E-state index is -0.175. The molecule has 0 spiro atoms. The number of hydrogen-bond donors (Lipinski definition) is 0. The smallest absolute Gasteiger partial charge is 0.0540 e. The van der Waals surface area contributed by atoms with Gasteiger partial charge in [0.15, 0.2) is 0 Å². The quantitative estimate of drug-likeness (QED) is 0.166. The SMILES string of the molecule is CC1(C)c2ccccc2-c2ccc(N(c3ccc4c5ccccc5c5ccccc5c5ccccc5c5cc6c(cc5c4c3)sc3ccccc36)c3ccccc3-c3ccc(-c4ccccc4)cc3)cc21. The molecule has 1 nitrogen and oxygen atoms in total. The van der Waals surface area contributed by atoms with Gasteiger partial charge in [-0.3, -0.25) is 0 Å². The highest BCUT2D eigenvalue weighted by molar-refractivity contribution is 7.25. The summed E-state index contributed by atoms with van der Waals surface area (Å²) in [7, 11) is 0. The molecule has 1 aromatic heterocycles. The Labute approximate surface area is 417 Å². The van der Waals surface area contributed by atoms with Crippen molar-refractivity contribution in [2.75, 3.05) is 4.90 Å². The molecule has 12 aromatic carbocycles. The van der Waals surface area contributed by atoms with Crippen LogP contribution in [0.4, 0.5) is 17.1 Å². The lowest BCUT2D eigenvalue weighted by Crippen LogP contribution is -2.16. The van der Waals surface area contributed by atoms with Gasteiger partial charge in [-0.1, -0.05) is 214 Å². The molecule has 1 heterocycles. The molecule has 0 fully saturated rings. The molecule has 0 unspecified atom stereocenters. The molecule has 13 aromatic rings. The van der Waals surface area contributed by atoms with E-state index in [1.807, 2.05) is 11.3 Å². The summed E-state index contributed by atoms with van der Waals surface area (Å²) in [5, 5.41) is 14.8. The maximum absolute atomic E-state index is 2.52. The first-order chi connectivity index (χ1) is 35.0. The predicted molar refractivity (Wildman–Crippen MR) is 308 cm³/mol. The van der Waals surface area contributed by atoms with Gasteiger partial charge in [-0.15, -0.1) is 11.3 Å². The lowest BCUT2D eigenvalue weighted by Gasteiger charge is -2.30. The molecule has 1 aliphatic carbocycles. The minimum Gasteiger partial charge on any atom is -0.310 e. The minimum absolute atomic E-state index is 0.175. The molecule has 0 saturated heterocycles.